The molecule has 5 rings (SSSR count). The van der Waals surface area contributed by atoms with Crippen LogP contribution in [0, 0.1) is 0 Å². The van der Waals surface area contributed by atoms with Crippen LogP contribution in [0.2, 0.25) is 0 Å². The van der Waals surface area contributed by atoms with E-state index in [1.807, 2.05) is 12.1 Å². The summed E-state index contributed by atoms with van der Waals surface area (Å²) in [5.41, 5.74) is 7.04. The van der Waals surface area contributed by atoms with Crippen LogP contribution in [0.15, 0.2) is 24.3 Å². The van der Waals surface area contributed by atoms with Gasteiger partial charge in [-0.15, -0.1) is 0 Å². The number of rotatable bonds is 5. The number of nitrogens with one attached hydrogen (secondary N) is 1. The Morgan fingerprint density at radius 1 is 1.08 bits per heavy atom. The number of fused-ring (bicyclic) bond motifs is 1. The number of likely N-dealkylation sites (tertiary alicyclic amines) is 2. The molecule has 4 fully saturated rings. The molecule has 3 saturated heterocycles. The maximum absolute atomic E-state index is 13.9. The van der Waals surface area contributed by atoms with Gasteiger partial charge in [0.2, 0.25) is 5.91 Å². The molecule has 0 unspecified atom stereocenters. The highest BCUT2D eigenvalue weighted by Crippen LogP contribution is 2.35. The van der Waals surface area contributed by atoms with Crippen LogP contribution >= 0.6 is 0 Å². The fraction of sp³-hybridized carbons (Fsp3) is 0.679. The van der Waals surface area contributed by atoms with Gasteiger partial charge < -0.3 is 25.6 Å². The minimum atomic E-state index is -1.00. The SMILES string of the molecule is CC(C)N1CCC(c2ccc(C(=O)NC3(C(=O)N4C[C@H](N)[C@H]5OCC(=O)[C@H]54)CCCCC3)cc2)CC1. The maximum Gasteiger partial charge on any atom is 0.252 e. The van der Waals surface area contributed by atoms with Crippen molar-refractivity contribution in [2.45, 2.75) is 94.5 Å². The number of amides is 2. The van der Waals surface area contributed by atoms with Gasteiger partial charge in [0.1, 0.15) is 24.3 Å². The first kappa shape index (κ1) is 25.4. The third kappa shape index (κ3) is 4.71. The number of hydrogen-bond acceptors (Lipinski definition) is 6. The third-order valence-corrected chi connectivity index (χ3v) is 8.86. The number of piperidine rings is 1. The summed E-state index contributed by atoms with van der Waals surface area (Å²) in [5.74, 6) is -0.0124. The van der Waals surface area contributed by atoms with Crippen molar-refractivity contribution in [3.8, 4) is 0 Å². The van der Waals surface area contributed by atoms with Crippen LogP contribution < -0.4 is 11.1 Å². The zero-order valence-corrected chi connectivity index (χ0v) is 21.6. The van der Waals surface area contributed by atoms with Gasteiger partial charge in [-0.1, -0.05) is 31.4 Å². The van der Waals surface area contributed by atoms with Crippen molar-refractivity contribution < 1.29 is 19.1 Å². The quantitative estimate of drug-likeness (QED) is 0.648. The first-order valence-corrected chi connectivity index (χ1v) is 13.7. The topological polar surface area (TPSA) is 105 Å². The summed E-state index contributed by atoms with van der Waals surface area (Å²) in [6.07, 6.45) is 5.70. The van der Waals surface area contributed by atoms with Gasteiger partial charge in [0.25, 0.3) is 5.91 Å². The van der Waals surface area contributed by atoms with Crippen LogP contribution in [0.25, 0.3) is 0 Å². The van der Waals surface area contributed by atoms with Crippen molar-refractivity contribution in [3.63, 3.8) is 0 Å². The highest BCUT2D eigenvalue weighted by molar-refractivity contribution is 6.01. The number of carbonyl (C=O) groups excluding carboxylic acids is 3. The summed E-state index contributed by atoms with van der Waals surface area (Å²) in [6.45, 7) is 6.97. The predicted molar refractivity (Wildman–Crippen MR) is 137 cm³/mol. The van der Waals surface area contributed by atoms with E-state index in [2.05, 4.69) is 36.2 Å². The van der Waals surface area contributed by atoms with Crippen molar-refractivity contribution >= 4 is 17.6 Å². The summed E-state index contributed by atoms with van der Waals surface area (Å²) < 4.78 is 5.57. The highest BCUT2D eigenvalue weighted by atomic mass is 16.5. The zero-order valence-electron chi connectivity index (χ0n) is 21.6. The van der Waals surface area contributed by atoms with Crippen molar-refractivity contribution in [1.82, 2.24) is 15.1 Å². The normalized spacial score (nSPS) is 28.9. The van der Waals surface area contributed by atoms with Gasteiger partial charge in [0.15, 0.2) is 5.78 Å². The van der Waals surface area contributed by atoms with Gasteiger partial charge in [0, 0.05) is 18.2 Å². The molecule has 1 aliphatic carbocycles. The van der Waals surface area contributed by atoms with Crippen LogP contribution in [-0.4, -0.2) is 83.4 Å². The first-order valence-electron chi connectivity index (χ1n) is 13.7. The Morgan fingerprint density at radius 2 is 1.75 bits per heavy atom. The number of ether oxygens (including phenoxy) is 1. The van der Waals surface area contributed by atoms with E-state index in [9.17, 15) is 14.4 Å². The minimum absolute atomic E-state index is 0.00494. The van der Waals surface area contributed by atoms with Crippen LogP contribution in [-0.2, 0) is 14.3 Å². The minimum Gasteiger partial charge on any atom is -0.366 e. The smallest absolute Gasteiger partial charge is 0.252 e. The lowest BCUT2D eigenvalue weighted by Gasteiger charge is -2.40. The monoisotopic (exact) mass is 496 g/mol. The standard InChI is InChI=1S/C28H40N4O4/c1-18(2)31-14-10-20(11-15-31)19-6-8-21(9-7-19)26(34)30-28(12-4-3-5-13-28)27(35)32-16-22(29)25-24(32)23(33)17-36-25/h6-9,18,20,22,24-25H,3-5,10-17,29H2,1-2H3,(H,30,34)/t22-,24+,25+/m0/s1. The lowest BCUT2D eigenvalue weighted by molar-refractivity contribution is -0.143. The lowest BCUT2D eigenvalue weighted by Crippen LogP contribution is -2.62. The van der Waals surface area contributed by atoms with Crippen LogP contribution in [0.1, 0.15) is 80.6 Å². The highest BCUT2D eigenvalue weighted by Gasteiger charge is 2.55. The zero-order chi connectivity index (χ0) is 25.4. The fourth-order valence-electron chi connectivity index (χ4n) is 6.67. The molecule has 3 atom stereocenters. The number of Topliss-reactive ketones (excluding diaryl/α,β-unsaturated/α-hetero) is 1. The molecule has 196 valence electrons. The fourth-order valence-corrected chi connectivity index (χ4v) is 6.67. The van der Waals surface area contributed by atoms with Crippen LogP contribution in [0.3, 0.4) is 0 Å². The molecule has 2 amide bonds. The van der Waals surface area contributed by atoms with E-state index in [1.54, 1.807) is 4.90 Å². The third-order valence-electron chi connectivity index (χ3n) is 8.86. The van der Waals surface area contributed by atoms with Crippen LogP contribution in [0.5, 0.6) is 0 Å². The molecule has 0 spiro atoms. The molecular weight excluding hydrogens is 456 g/mol. The number of hydrogen-bond donors (Lipinski definition) is 2. The molecule has 0 aromatic heterocycles. The molecule has 36 heavy (non-hydrogen) atoms. The number of benzene rings is 1. The molecule has 3 N–H and O–H groups in total. The van der Waals surface area contributed by atoms with Gasteiger partial charge in [0.05, 0.1) is 6.04 Å². The Kier molecular flexibility index (Phi) is 7.21. The average Bonchev–Trinajstić information content (AvgIpc) is 3.44. The average molecular weight is 497 g/mol. The summed E-state index contributed by atoms with van der Waals surface area (Å²) >= 11 is 0. The van der Waals surface area contributed by atoms with E-state index in [0.29, 0.717) is 30.4 Å². The Morgan fingerprint density at radius 3 is 2.39 bits per heavy atom. The number of ketones is 1. The molecule has 8 heteroatoms. The largest absolute Gasteiger partial charge is 0.366 e. The second-order valence-corrected chi connectivity index (χ2v) is 11.4. The maximum atomic E-state index is 13.9. The molecule has 3 aliphatic heterocycles. The lowest BCUT2D eigenvalue weighted by atomic mass is 9.80. The number of carbonyl (C=O) groups is 3. The number of nitrogens with zero attached hydrogens (tertiary/aromatic N) is 2. The molecule has 3 heterocycles. The Balaban J connectivity index is 1.29. The Hall–Kier alpha value is -2.29. The second kappa shape index (κ2) is 10.2. The van der Waals surface area contributed by atoms with Crippen molar-refractivity contribution in [2.75, 3.05) is 26.2 Å². The van der Waals surface area contributed by atoms with E-state index >= 15 is 0 Å². The van der Waals surface area contributed by atoms with Crippen LogP contribution in [0.4, 0.5) is 0 Å². The molecule has 1 saturated carbocycles. The molecule has 4 aliphatic rings. The Bertz CT molecular complexity index is 980. The van der Waals surface area contributed by atoms with Crippen molar-refractivity contribution in [1.29, 1.82) is 0 Å². The predicted octanol–water partition coefficient (Wildman–Crippen LogP) is 2.21. The molecule has 0 radical (unpaired) electrons. The summed E-state index contributed by atoms with van der Waals surface area (Å²) in [4.78, 5) is 43.9. The van der Waals surface area contributed by atoms with Gasteiger partial charge in [-0.3, -0.25) is 14.4 Å². The van der Waals surface area contributed by atoms with E-state index in [0.717, 1.165) is 45.2 Å². The summed E-state index contributed by atoms with van der Waals surface area (Å²) in [7, 11) is 0. The second-order valence-electron chi connectivity index (χ2n) is 11.4. The van der Waals surface area contributed by atoms with Gasteiger partial charge in [-0.05, 0) is 76.2 Å². The van der Waals surface area contributed by atoms with Gasteiger partial charge >= 0.3 is 0 Å². The first-order chi connectivity index (χ1) is 17.3. The molecular formula is C28H40N4O4. The van der Waals surface area contributed by atoms with E-state index in [1.165, 1.54) is 5.56 Å². The molecule has 1 aromatic carbocycles. The number of nitrogens with two attached hydrogens (primary N) is 1. The summed E-state index contributed by atoms with van der Waals surface area (Å²) in [6, 6.07) is 7.46. The van der Waals surface area contributed by atoms with Crippen molar-refractivity contribution in [3.05, 3.63) is 35.4 Å². The van der Waals surface area contributed by atoms with E-state index < -0.39 is 17.7 Å². The Labute approximate surface area is 213 Å². The van der Waals surface area contributed by atoms with E-state index in [-0.39, 0.29) is 36.8 Å². The van der Waals surface area contributed by atoms with Crippen molar-refractivity contribution in [2.24, 2.45) is 5.73 Å². The molecule has 8 nitrogen and oxygen atoms in total. The van der Waals surface area contributed by atoms with Gasteiger partial charge in [-0.25, -0.2) is 0 Å². The summed E-state index contributed by atoms with van der Waals surface area (Å²) in [5, 5.41) is 3.12. The van der Waals surface area contributed by atoms with E-state index in [4.69, 9.17) is 10.5 Å². The van der Waals surface area contributed by atoms with Gasteiger partial charge in [-0.2, -0.15) is 0 Å². The molecule has 0 bridgehead atoms. The molecule has 1 aromatic rings.